The lowest BCUT2D eigenvalue weighted by Gasteiger charge is -2.10. The Morgan fingerprint density at radius 1 is 1.26 bits per heavy atom. The van der Waals surface area contributed by atoms with Crippen molar-refractivity contribution < 1.29 is 9.90 Å². The minimum atomic E-state index is -1.10. The van der Waals surface area contributed by atoms with Gasteiger partial charge in [-0.2, -0.15) is 0 Å². The predicted octanol–water partition coefficient (Wildman–Crippen LogP) is 2.70. The summed E-state index contributed by atoms with van der Waals surface area (Å²) in [5.41, 5.74) is 4.47. The van der Waals surface area contributed by atoms with E-state index in [4.69, 9.17) is 0 Å². The molecule has 0 radical (unpaired) electrons. The molecule has 6 heteroatoms. The van der Waals surface area contributed by atoms with Gasteiger partial charge in [0.2, 0.25) is 0 Å². The topological polar surface area (TPSA) is 80.9 Å². The summed E-state index contributed by atoms with van der Waals surface area (Å²) in [5.74, 6) is -1.10. The number of aryl methyl sites for hydroxylation is 2. The Hall–Kier alpha value is -3.02. The predicted molar refractivity (Wildman–Crippen MR) is 85.2 cm³/mol. The molecule has 0 aliphatic heterocycles. The molecule has 0 unspecified atom stereocenters. The lowest BCUT2D eigenvalue weighted by molar-refractivity contribution is 0.0691. The van der Waals surface area contributed by atoms with Gasteiger partial charge in [-0.3, -0.25) is 4.98 Å². The summed E-state index contributed by atoms with van der Waals surface area (Å²) >= 11 is 0. The first-order chi connectivity index (χ1) is 11.1. The normalized spacial score (nSPS) is 10.7. The highest BCUT2D eigenvalue weighted by atomic mass is 16.4. The second-order valence-corrected chi connectivity index (χ2v) is 5.42. The van der Waals surface area contributed by atoms with E-state index in [1.165, 1.54) is 5.56 Å². The Balaban J connectivity index is 2.08. The van der Waals surface area contributed by atoms with Crippen molar-refractivity contribution in [3.05, 3.63) is 65.1 Å². The van der Waals surface area contributed by atoms with Crippen LogP contribution >= 0.6 is 0 Å². The van der Waals surface area contributed by atoms with Crippen molar-refractivity contribution in [1.82, 2.24) is 20.0 Å². The first-order valence-electron chi connectivity index (χ1n) is 7.19. The van der Waals surface area contributed by atoms with Crippen LogP contribution in [-0.4, -0.2) is 31.1 Å². The summed E-state index contributed by atoms with van der Waals surface area (Å²) in [7, 11) is 0. The van der Waals surface area contributed by atoms with Crippen LogP contribution in [0.5, 0.6) is 0 Å². The average molecular weight is 308 g/mol. The highest BCUT2D eigenvalue weighted by Crippen LogP contribution is 2.23. The number of pyridine rings is 1. The van der Waals surface area contributed by atoms with Gasteiger partial charge in [-0.05, 0) is 37.1 Å². The van der Waals surface area contributed by atoms with Crippen LogP contribution in [-0.2, 0) is 6.54 Å². The third kappa shape index (κ3) is 2.96. The Morgan fingerprint density at radius 2 is 2.09 bits per heavy atom. The molecule has 0 atom stereocenters. The van der Waals surface area contributed by atoms with Crippen molar-refractivity contribution in [3.8, 4) is 11.3 Å². The molecule has 0 amide bonds. The summed E-state index contributed by atoms with van der Waals surface area (Å²) < 4.78 is 1.61. The molecule has 116 valence electrons. The molecule has 23 heavy (non-hydrogen) atoms. The quantitative estimate of drug-likeness (QED) is 0.801. The highest BCUT2D eigenvalue weighted by Gasteiger charge is 2.21. The smallest absolute Gasteiger partial charge is 0.358 e. The van der Waals surface area contributed by atoms with E-state index >= 15 is 0 Å². The van der Waals surface area contributed by atoms with Gasteiger partial charge >= 0.3 is 5.97 Å². The van der Waals surface area contributed by atoms with E-state index in [-0.39, 0.29) is 5.69 Å². The number of carboxylic acid groups (broad SMARTS) is 1. The number of aromatic nitrogens is 4. The van der Waals surface area contributed by atoms with Crippen LogP contribution in [0.25, 0.3) is 11.3 Å². The summed E-state index contributed by atoms with van der Waals surface area (Å²) in [6.45, 7) is 4.52. The van der Waals surface area contributed by atoms with Gasteiger partial charge in [0, 0.05) is 18.0 Å². The van der Waals surface area contributed by atoms with E-state index in [0.717, 1.165) is 11.1 Å². The zero-order valence-electron chi connectivity index (χ0n) is 12.9. The van der Waals surface area contributed by atoms with Crippen molar-refractivity contribution in [1.29, 1.82) is 0 Å². The molecule has 1 aromatic carbocycles. The van der Waals surface area contributed by atoms with Gasteiger partial charge in [-0.1, -0.05) is 29.0 Å². The van der Waals surface area contributed by atoms with Crippen molar-refractivity contribution in [2.75, 3.05) is 0 Å². The second kappa shape index (κ2) is 6.00. The zero-order chi connectivity index (χ0) is 16.4. The molecule has 0 aliphatic rings. The largest absolute Gasteiger partial charge is 0.476 e. The number of rotatable bonds is 4. The minimum Gasteiger partial charge on any atom is -0.476 e. The summed E-state index contributed by atoms with van der Waals surface area (Å²) in [6.07, 6.45) is 3.26. The van der Waals surface area contributed by atoms with Crippen LogP contribution in [0.3, 0.4) is 0 Å². The number of carbonyl (C=O) groups is 1. The third-order valence-electron chi connectivity index (χ3n) is 3.69. The molecule has 0 saturated carbocycles. The van der Waals surface area contributed by atoms with Crippen molar-refractivity contribution in [3.63, 3.8) is 0 Å². The van der Waals surface area contributed by atoms with Crippen molar-refractivity contribution >= 4 is 5.97 Å². The molecule has 0 spiro atoms. The maximum Gasteiger partial charge on any atom is 0.358 e. The fourth-order valence-electron chi connectivity index (χ4n) is 2.54. The fourth-order valence-corrected chi connectivity index (χ4v) is 2.54. The monoisotopic (exact) mass is 308 g/mol. The maximum absolute atomic E-state index is 11.4. The third-order valence-corrected chi connectivity index (χ3v) is 3.69. The van der Waals surface area contributed by atoms with Gasteiger partial charge in [0.25, 0.3) is 0 Å². The number of nitrogens with zero attached hydrogens (tertiary/aromatic N) is 4. The van der Waals surface area contributed by atoms with Crippen LogP contribution in [0, 0.1) is 13.8 Å². The first kappa shape index (κ1) is 14.9. The summed E-state index contributed by atoms with van der Waals surface area (Å²) in [5, 5.41) is 17.2. The van der Waals surface area contributed by atoms with E-state index in [1.54, 1.807) is 29.2 Å². The first-order valence-corrected chi connectivity index (χ1v) is 7.19. The number of hydrogen-bond acceptors (Lipinski definition) is 4. The van der Waals surface area contributed by atoms with Crippen LogP contribution in [0.2, 0.25) is 0 Å². The van der Waals surface area contributed by atoms with Gasteiger partial charge in [-0.25, -0.2) is 9.48 Å². The molecule has 3 rings (SSSR count). The molecule has 0 fully saturated rings. The summed E-state index contributed by atoms with van der Waals surface area (Å²) in [6, 6.07) is 9.71. The van der Waals surface area contributed by atoms with Gasteiger partial charge in [-0.15, -0.1) is 5.10 Å². The molecule has 2 aromatic heterocycles. The molecule has 0 bridgehead atoms. The Morgan fingerprint density at radius 3 is 2.74 bits per heavy atom. The lowest BCUT2D eigenvalue weighted by atomic mass is 10.1. The van der Waals surface area contributed by atoms with Crippen LogP contribution in [0.4, 0.5) is 0 Å². The number of hydrogen-bond donors (Lipinski definition) is 1. The Bertz CT molecular complexity index is 856. The highest BCUT2D eigenvalue weighted by molar-refractivity contribution is 5.92. The number of aromatic carboxylic acids is 1. The Labute approximate surface area is 133 Å². The van der Waals surface area contributed by atoms with E-state index in [2.05, 4.69) is 21.4 Å². The van der Waals surface area contributed by atoms with E-state index in [9.17, 15) is 9.90 Å². The van der Waals surface area contributed by atoms with Crippen molar-refractivity contribution in [2.24, 2.45) is 0 Å². The van der Waals surface area contributed by atoms with E-state index in [0.29, 0.717) is 17.8 Å². The molecule has 1 N–H and O–H groups in total. The molecule has 3 aromatic rings. The van der Waals surface area contributed by atoms with Crippen LogP contribution in [0.1, 0.15) is 27.2 Å². The molecule has 6 nitrogen and oxygen atoms in total. The maximum atomic E-state index is 11.4. The van der Waals surface area contributed by atoms with Crippen LogP contribution < -0.4 is 0 Å². The summed E-state index contributed by atoms with van der Waals surface area (Å²) in [4.78, 5) is 15.5. The average Bonchev–Trinajstić information content (AvgIpc) is 2.95. The zero-order valence-corrected chi connectivity index (χ0v) is 12.9. The van der Waals surface area contributed by atoms with E-state index in [1.807, 2.05) is 26.0 Å². The van der Waals surface area contributed by atoms with Crippen LogP contribution in [0.15, 0.2) is 42.7 Å². The molecule has 0 saturated heterocycles. The van der Waals surface area contributed by atoms with Gasteiger partial charge in [0.1, 0.15) is 5.69 Å². The second-order valence-electron chi connectivity index (χ2n) is 5.42. The van der Waals surface area contributed by atoms with Gasteiger partial charge in [0.05, 0.1) is 6.54 Å². The lowest BCUT2D eigenvalue weighted by Crippen LogP contribution is -2.07. The molecular weight excluding hydrogens is 292 g/mol. The molecular formula is C17H16N4O2. The minimum absolute atomic E-state index is 0.0669. The molecule has 2 heterocycles. The van der Waals surface area contributed by atoms with Gasteiger partial charge in [0.15, 0.2) is 5.69 Å². The standard InChI is InChI=1S/C17H16N4O2/c1-11-5-6-14(12(2)8-11)10-21-16(13-4-3-7-18-9-13)15(17(22)23)19-20-21/h3-9H,10H2,1-2H3,(H,22,23). The van der Waals surface area contributed by atoms with E-state index < -0.39 is 5.97 Å². The number of carboxylic acids is 1. The SMILES string of the molecule is Cc1ccc(Cn2nnc(C(=O)O)c2-c2cccnc2)c(C)c1. The fraction of sp³-hybridized carbons (Fsp3) is 0.176. The Kier molecular flexibility index (Phi) is 3.89. The number of benzene rings is 1. The van der Waals surface area contributed by atoms with Crippen molar-refractivity contribution in [2.45, 2.75) is 20.4 Å². The van der Waals surface area contributed by atoms with Gasteiger partial charge < -0.3 is 5.11 Å². The molecule has 0 aliphatic carbocycles.